The molecule has 0 aromatic heterocycles. The molecule has 0 aromatic rings. The van der Waals surface area contributed by atoms with E-state index in [2.05, 4.69) is 6.58 Å². The zero-order chi connectivity index (χ0) is 18.6. The van der Waals surface area contributed by atoms with Crippen LogP contribution in [0.2, 0.25) is 0 Å². The van der Waals surface area contributed by atoms with Crippen LogP contribution in [-0.2, 0) is 19.0 Å². The second kappa shape index (κ2) is 9.04. The first-order valence-corrected chi connectivity index (χ1v) is 8.26. The molecule has 0 aliphatic carbocycles. The molecule has 25 heavy (non-hydrogen) atoms. The lowest BCUT2D eigenvalue weighted by atomic mass is 9.78. The molecule has 9 nitrogen and oxygen atoms in total. The first kappa shape index (κ1) is 20.2. The SMILES string of the molecule is C=C[C@H](CO[C@@H]1O[C@H](CO)[C@@H](O)[C@H](O)[C@H]1O)[C@H]1CCOC(=O)[C@@H]1CO. The van der Waals surface area contributed by atoms with Crippen molar-refractivity contribution in [3.05, 3.63) is 12.7 Å². The Bertz CT molecular complexity index is 455. The van der Waals surface area contributed by atoms with Gasteiger partial charge in [0, 0.05) is 5.92 Å². The standard InChI is InChI=1S/C16H26O9/c1-2-8(9-3-4-23-15(22)10(9)5-17)7-24-16-14(21)13(20)12(19)11(6-18)25-16/h2,8-14,16-21H,1,3-7H2/t8-,9-,10-,11-,12-,13+,14-,16-/m1/s1. The van der Waals surface area contributed by atoms with Crippen LogP contribution in [0, 0.1) is 17.8 Å². The second-order valence-corrected chi connectivity index (χ2v) is 6.34. The van der Waals surface area contributed by atoms with Crippen molar-refractivity contribution < 1.29 is 44.5 Å². The number of aliphatic hydroxyl groups is 5. The van der Waals surface area contributed by atoms with Gasteiger partial charge in [0.25, 0.3) is 0 Å². The van der Waals surface area contributed by atoms with E-state index >= 15 is 0 Å². The summed E-state index contributed by atoms with van der Waals surface area (Å²) in [6.45, 7) is 3.08. The summed E-state index contributed by atoms with van der Waals surface area (Å²) in [5.74, 6) is -1.72. The Morgan fingerprint density at radius 1 is 1.20 bits per heavy atom. The van der Waals surface area contributed by atoms with Crippen molar-refractivity contribution in [3.8, 4) is 0 Å². The van der Waals surface area contributed by atoms with Crippen LogP contribution in [0.1, 0.15) is 6.42 Å². The van der Waals surface area contributed by atoms with Gasteiger partial charge in [0.15, 0.2) is 6.29 Å². The predicted octanol–water partition coefficient (Wildman–Crippen LogP) is -2.22. The summed E-state index contributed by atoms with van der Waals surface area (Å²) in [5, 5.41) is 48.1. The summed E-state index contributed by atoms with van der Waals surface area (Å²) in [7, 11) is 0. The second-order valence-electron chi connectivity index (χ2n) is 6.34. The van der Waals surface area contributed by atoms with Crippen LogP contribution in [0.15, 0.2) is 12.7 Å². The maximum absolute atomic E-state index is 11.8. The highest BCUT2D eigenvalue weighted by Crippen LogP contribution is 2.32. The van der Waals surface area contributed by atoms with E-state index in [1.165, 1.54) is 0 Å². The summed E-state index contributed by atoms with van der Waals surface area (Å²) < 4.78 is 15.7. The third-order valence-corrected chi connectivity index (χ3v) is 4.87. The quantitative estimate of drug-likeness (QED) is 0.251. The number of aliphatic hydroxyl groups excluding tert-OH is 5. The van der Waals surface area contributed by atoms with Gasteiger partial charge in [-0.25, -0.2) is 0 Å². The summed E-state index contributed by atoms with van der Waals surface area (Å²) in [6.07, 6.45) is -4.65. The molecule has 144 valence electrons. The van der Waals surface area contributed by atoms with Gasteiger partial charge in [-0.2, -0.15) is 0 Å². The monoisotopic (exact) mass is 362 g/mol. The van der Waals surface area contributed by atoms with Gasteiger partial charge < -0.3 is 39.7 Å². The number of ether oxygens (including phenoxy) is 3. The molecule has 2 heterocycles. The van der Waals surface area contributed by atoms with Gasteiger partial charge in [0.2, 0.25) is 0 Å². The van der Waals surface area contributed by atoms with Gasteiger partial charge in [-0.15, -0.1) is 6.58 Å². The fourth-order valence-corrected chi connectivity index (χ4v) is 3.28. The van der Waals surface area contributed by atoms with Gasteiger partial charge in [0.05, 0.1) is 32.3 Å². The fourth-order valence-electron chi connectivity index (χ4n) is 3.28. The molecule has 2 aliphatic heterocycles. The van der Waals surface area contributed by atoms with Crippen molar-refractivity contribution in [3.63, 3.8) is 0 Å². The Morgan fingerprint density at radius 3 is 2.52 bits per heavy atom. The summed E-state index contributed by atoms with van der Waals surface area (Å²) >= 11 is 0. The number of esters is 1. The molecule has 0 aromatic carbocycles. The van der Waals surface area contributed by atoms with Crippen molar-refractivity contribution in [1.82, 2.24) is 0 Å². The molecule has 2 aliphatic rings. The van der Waals surface area contributed by atoms with Crippen LogP contribution in [0.4, 0.5) is 0 Å². The molecule has 0 spiro atoms. The lowest BCUT2D eigenvalue weighted by Gasteiger charge is -2.40. The van der Waals surface area contributed by atoms with E-state index in [1.807, 2.05) is 0 Å². The van der Waals surface area contributed by atoms with Gasteiger partial charge in [-0.3, -0.25) is 4.79 Å². The van der Waals surface area contributed by atoms with E-state index in [1.54, 1.807) is 6.08 Å². The minimum atomic E-state index is -1.52. The van der Waals surface area contributed by atoms with E-state index in [9.17, 15) is 30.3 Å². The largest absolute Gasteiger partial charge is 0.465 e. The molecule has 0 radical (unpaired) electrons. The number of hydrogen-bond donors (Lipinski definition) is 5. The Balaban J connectivity index is 1.99. The van der Waals surface area contributed by atoms with Crippen molar-refractivity contribution in [2.24, 2.45) is 17.8 Å². The zero-order valence-corrected chi connectivity index (χ0v) is 13.8. The molecule has 0 bridgehead atoms. The first-order chi connectivity index (χ1) is 11.9. The molecule has 0 saturated carbocycles. The first-order valence-electron chi connectivity index (χ1n) is 8.26. The van der Waals surface area contributed by atoms with Crippen molar-refractivity contribution in [1.29, 1.82) is 0 Å². The van der Waals surface area contributed by atoms with E-state index in [-0.39, 0.29) is 31.7 Å². The Kier molecular flexibility index (Phi) is 7.32. The van der Waals surface area contributed by atoms with Gasteiger partial charge in [0.1, 0.15) is 24.4 Å². The van der Waals surface area contributed by atoms with E-state index in [0.717, 1.165) is 0 Å². The minimum Gasteiger partial charge on any atom is -0.465 e. The smallest absolute Gasteiger partial charge is 0.311 e. The van der Waals surface area contributed by atoms with Crippen molar-refractivity contribution >= 4 is 5.97 Å². The summed E-state index contributed by atoms with van der Waals surface area (Å²) in [5.41, 5.74) is 0. The number of carbonyl (C=O) groups excluding carboxylic acids is 1. The van der Waals surface area contributed by atoms with Crippen molar-refractivity contribution in [2.75, 3.05) is 26.4 Å². The van der Waals surface area contributed by atoms with Crippen LogP contribution in [0.25, 0.3) is 0 Å². The number of hydrogen-bond acceptors (Lipinski definition) is 9. The van der Waals surface area contributed by atoms with E-state index in [0.29, 0.717) is 6.42 Å². The molecule has 5 N–H and O–H groups in total. The highest BCUT2D eigenvalue weighted by Gasteiger charge is 2.45. The Hall–Kier alpha value is -1.07. The van der Waals surface area contributed by atoms with Crippen LogP contribution in [-0.4, -0.2) is 88.6 Å². The predicted molar refractivity (Wildman–Crippen MR) is 83.0 cm³/mol. The van der Waals surface area contributed by atoms with Crippen LogP contribution in [0.3, 0.4) is 0 Å². The normalized spacial score (nSPS) is 40.4. The summed E-state index contributed by atoms with van der Waals surface area (Å²) in [6, 6.07) is 0. The maximum Gasteiger partial charge on any atom is 0.311 e. The molecule has 9 heteroatoms. The minimum absolute atomic E-state index is 0.0145. The number of rotatable bonds is 7. The molecule has 2 saturated heterocycles. The van der Waals surface area contributed by atoms with Crippen LogP contribution < -0.4 is 0 Å². The third kappa shape index (κ3) is 4.37. The van der Waals surface area contributed by atoms with E-state index in [4.69, 9.17) is 14.2 Å². The highest BCUT2D eigenvalue weighted by molar-refractivity contribution is 5.73. The third-order valence-electron chi connectivity index (χ3n) is 4.87. The highest BCUT2D eigenvalue weighted by atomic mass is 16.7. The average Bonchev–Trinajstić information content (AvgIpc) is 2.62. The van der Waals surface area contributed by atoms with Crippen LogP contribution >= 0.6 is 0 Å². The molecular weight excluding hydrogens is 336 g/mol. The topological polar surface area (TPSA) is 146 Å². The van der Waals surface area contributed by atoms with Crippen molar-refractivity contribution in [2.45, 2.75) is 37.1 Å². The molecule has 0 amide bonds. The molecule has 2 rings (SSSR count). The summed E-state index contributed by atoms with van der Waals surface area (Å²) in [4.78, 5) is 11.8. The molecular formula is C16H26O9. The molecule has 0 unspecified atom stereocenters. The maximum atomic E-state index is 11.8. The lowest BCUT2D eigenvalue weighted by molar-refractivity contribution is -0.303. The zero-order valence-electron chi connectivity index (χ0n) is 13.8. The Labute approximate surface area is 145 Å². The molecule has 2 fully saturated rings. The van der Waals surface area contributed by atoms with Crippen LogP contribution in [0.5, 0.6) is 0 Å². The average molecular weight is 362 g/mol. The fraction of sp³-hybridized carbons (Fsp3) is 0.812. The Morgan fingerprint density at radius 2 is 1.92 bits per heavy atom. The van der Waals surface area contributed by atoms with Gasteiger partial charge >= 0.3 is 5.97 Å². The number of cyclic esters (lactones) is 1. The number of carbonyl (C=O) groups is 1. The molecule has 8 atom stereocenters. The van der Waals surface area contributed by atoms with E-state index < -0.39 is 49.2 Å². The van der Waals surface area contributed by atoms with Gasteiger partial charge in [-0.05, 0) is 12.3 Å². The lowest BCUT2D eigenvalue weighted by Crippen LogP contribution is -2.59. The van der Waals surface area contributed by atoms with Gasteiger partial charge in [-0.1, -0.05) is 6.08 Å².